The van der Waals surface area contributed by atoms with Crippen molar-refractivity contribution in [2.45, 2.75) is 38.8 Å². The number of aliphatic hydroxyl groups is 1. The van der Waals surface area contributed by atoms with E-state index < -0.39 is 22.6 Å². The lowest BCUT2D eigenvalue weighted by Gasteiger charge is -2.26. The summed E-state index contributed by atoms with van der Waals surface area (Å²) in [6.07, 6.45) is 3.40. The zero-order valence-corrected chi connectivity index (χ0v) is 24.4. The first-order valence-corrected chi connectivity index (χ1v) is 13.7. The van der Waals surface area contributed by atoms with Crippen molar-refractivity contribution in [2.24, 2.45) is 0 Å². The van der Waals surface area contributed by atoms with Gasteiger partial charge in [-0.15, -0.1) is 4.80 Å². The van der Waals surface area contributed by atoms with E-state index in [9.17, 15) is 18.8 Å². The van der Waals surface area contributed by atoms with Crippen molar-refractivity contribution < 1.29 is 23.8 Å². The van der Waals surface area contributed by atoms with E-state index in [0.717, 1.165) is 0 Å². The standard InChI is InChI=1S/C24H25FN6O4S.C3H8O2/c1-14-19-20(33)30(24(2)12-18(32)28(3)13-24)23(34)29(22(19)36-21(14)31-26-8-9-27-31)10-7-15-11-16(25)5-6-17(15)35-4;1-5-3-2-4/h5-6,8-9,11H,7,10,12-13H2,1-4H3;4H,2-3H2,1H3/t24-;/m0./s1. The van der Waals surface area contributed by atoms with Crippen LogP contribution in [-0.4, -0.2) is 81.1 Å². The molecule has 0 spiro atoms. The molecule has 0 saturated carbocycles. The zero-order valence-electron chi connectivity index (χ0n) is 23.6. The van der Waals surface area contributed by atoms with Gasteiger partial charge in [0.1, 0.15) is 21.4 Å². The summed E-state index contributed by atoms with van der Waals surface area (Å²) in [5.41, 5.74) is -0.741. The Kier molecular flexibility index (Phi) is 9.05. The van der Waals surface area contributed by atoms with Crippen LogP contribution in [0, 0.1) is 12.7 Å². The number of thiophene rings is 1. The molecule has 0 aliphatic carbocycles. The second-order valence-corrected chi connectivity index (χ2v) is 10.9. The third kappa shape index (κ3) is 5.80. The number of hydrogen-bond acceptors (Lipinski definition) is 9. The number of hydrogen-bond donors (Lipinski definition) is 1. The molecule has 4 aromatic rings. The van der Waals surface area contributed by atoms with Crippen LogP contribution in [0.2, 0.25) is 0 Å². The van der Waals surface area contributed by atoms with Gasteiger partial charge in [-0.2, -0.15) is 10.2 Å². The van der Waals surface area contributed by atoms with E-state index in [0.29, 0.717) is 38.7 Å². The summed E-state index contributed by atoms with van der Waals surface area (Å²) in [7, 11) is 4.71. The van der Waals surface area contributed by atoms with Gasteiger partial charge in [-0.25, -0.2) is 9.18 Å². The molecule has 1 fully saturated rings. The SMILES string of the molecule is COCCO.COc1ccc(F)cc1CCn1c(=O)n([C@@]2(C)CC(=O)N(C)C2)c(=O)c2c(C)c(-n3nccn3)sc21. The van der Waals surface area contributed by atoms with Crippen molar-refractivity contribution in [1.82, 2.24) is 29.0 Å². The van der Waals surface area contributed by atoms with Crippen LogP contribution in [0.4, 0.5) is 4.39 Å². The van der Waals surface area contributed by atoms with Gasteiger partial charge < -0.3 is 19.5 Å². The molecule has 1 saturated heterocycles. The second-order valence-electron chi connectivity index (χ2n) is 9.95. The third-order valence-electron chi connectivity index (χ3n) is 7.01. The number of aryl methyl sites for hydroxylation is 3. The highest BCUT2D eigenvalue weighted by molar-refractivity contribution is 7.21. The number of aliphatic hydroxyl groups excluding tert-OH is 1. The Morgan fingerprint density at radius 1 is 1.17 bits per heavy atom. The van der Waals surface area contributed by atoms with Crippen molar-refractivity contribution in [3.63, 3.8) is 0 Å². The predicted octanol–water partition coefficient (Wildman–Crippen LogP) is 1.71. The fourth-order valence-electron chi connectivity index (χ4n) is 5.05. The number of likely N-dealkylation sites (N-methyl/N-ethyl adjacent to an activating group) is 1. The summed E-state index contributed by atoms with van der Waals surface area (Å²) >= 11 is 1.24. The normalized spacial score (nSPS) is 16.8. The number of nitrogens with zero attached hydrogens (tertiary/aromatic N) is 6. The van der Waals surface area contributed by atoms with Gasteiger partial charge in [-0.1, -0.05) is 11.3 Å². The summed E-state index contributed by atoms with van der Waals surface area (Å²) in [5.74, 6) is -0.0384. The van der Waals surface area contributed by atoms with E-state index in [2.05, 4.69) is 14.9 Å². The summed E-state index contributed by atoms with van der Waals surface area (Å²) in [6.45, 7) is 4.52. The van der Waals surface area contributed by atoms with E-state index in [1.54, 1.807) is 34.1 Å². The number of likely N-dealkylation sites (tertiary alicyclic amines) is 1. The van der Waals surface area contributed by atoms with Crippen LogP contribution < -0.4 is 16.0 Å². The van der Waals surface area contributed by atoms with E-state index in [1.165, 1.54) is 61.8 Å². The highest BCUT2D eigenvalue weighted by atomic mass is 32.1. The van der Waals surface area contributed by atoms with Crippen LogP contribution in [0.25, 0.3) is 15.2 Å². The Hall–Kier alpha value is -3.88. The minimum Gasteiger partial charge on any atom is -0.496 e. The lowest BCUT2D eigenvalue weighted by Crippen LogP contribution is -2.51. The largest absolute Gasteiger partial charge is 0.496 e. The number of amides is 1. The molecule has 0 unspecified atom stereocenters. The molecule has 14 heteroatoms. The molecule has 220 valence electrons. The van der Waals surface area contributed by atoms with Crippen LogP contribution in [0.3, 0.4) is 0 Å². The van der Waals surface area contributed by atoms with Gasteiger partial charge in [-0.3, -0.25) is 18.7 Å². The fourth-order valence-corrected chi connectivity index (χ4v) is 6.29. The molecule has 1 amide bonds. The molecule has 1 aliphatic heterocycles. The van der Waals surface area contributed by atoms with Gasteiger partial charge in [0, 0.05) is 32.8 Å². The first-order chi connectivity index (χ1) is 19.6. The van der Waals surface area contributed by atoms with Crippen LogP contribution in [0.5, 0.6) is 5.75 Å². The van der Waals surface area contributed by atoms with Gasteiger partial charge >= 0.3 is 5.69 Å². The van der Waals surface area contributed by atoms with Crippen LogP contribution in [0.15, 0.2) is 40.2 Å². The molecule has 0 bridgehead atoms. The van der Waals surface area contributed by atoms with Crippen molar-refractivity contribution in [3.8, 4) is 10.8 Å². The third-order valence-corrected chi connectivity index (χ3v) is 8.29. The number of ether oxygens (including phenoxy) is 2. The van der Waals surface area contributed by atoms with E-state index in [4.69, 9.17) is 9.84 Å². The summed E-state index contributed by atoms with van der Waals surface area (Å²) in [5, 5.41) is 17.3. The van der Waals surface area contributed by atoms with E-state index >= 15 is 0 Å². The summed E-state index contributed by atoms with van der Waals surface area (Å²) in [6, 6.07) is 4.23. The van der Waals surface area contributed by atoms with Gasteiger partial charge in [0.05, 0.1) is 50.1 Å². The first kappa shape index (κ1) is 30.1. The van der Waals surface area contributed by atoms with Crippen molar-refractivity contribution in [1.29, 1.82) is 0 Å². The first-order valence-electron chi connectivity index (χ1n) is 12.9. The topological polar surface area (TPSA) is 134 Å². The monoisotopic (exact) mass is 588 g/mol. The molecule has 1 atom stereocenters. The average molecular weight is 589 g/mol. The predicted molar refractivity (Wildman–Crippen MR) is 152 cm³/mol. The van der Waals surface area contributed by atoms with Crippen LogP contribution in [-0.2, 0) is 28.0 Å². The molecular formula is C27H33FN6O6S. The number of fused-ring (bicyclic) bond motifs is 1. The molecule has 5 rings (SSSR count). The average Bonchev–Trinajstić information content (AvgIpc) is 3.63. The van der Waals surface area contributed by atoms with Crippen molar-refractivity contribution >= 4 is 27.5 Å². The Morgan fingerprint density at radius 2 is 1.88 bits per heavy atom. The minimum absolute atomic E-state index is 0.0403. The molecule has 41 heavy (non-hydrogen) atoms. The maximum atomic E-state index is 14.0. The zero-order chi connectivity index (χ0) is 29.9. The Balaban J connectivity index is 0.000000714. The van der Waals surface area contributed by atoms with Gasteiger partial charge in [-0.05, 0) is 44.0 Å². The van der Waals surface area contributed by atoms with Crippen molar-refractivity contribution in [3.05, 3.63) is 68.4 Å². The molecular weight excluding hydrogens is 555 g/mol. The lowest BCUT2D eigenvalue weighted by molar-refractivity contribution is -0.126. The number of carbonyl (C=O) groups excluding carboxylic acids is 1. The molecule has 1 N–H and O–H groups in total. The Bertz CT molecular complexity index is 1660. The number of methoxy groups -OCH3 is 2. The van der Waals surface area contributed by atoms with E-state index in [1.807, 2.05) is 0 Å². The Labute approximate surface area is 239 Å². The number of benzene rings is 1. The molecule has 4 heterocycles. The maximum absolute atomic E-state index is 14.0. The number of aromatic nitrogens is 5. The number of rotatable bonds is 8. The quantitative estimate of drug-likeness (QED) is 0.329. The van der Waals surface area contributed by atoms with Crippen molar-refractivity contribution in [2.75, 3.05) is 41.0 Å². The minimum atomic E-state index is -1.01. The van der Waals surface area contributed by atoms with Crippen LogP contribution >= 0.6 is 11.3 Å². The smallest absolute Gasteiger partial charge is 0.332 e. The van der Waals surface area contributed by atoms with Gasteiger partial charge in [0.15, 0.2) is 0 Å². The number of halogens is 1. The van der Waals surface area contributed by atoms with E-state index in [-0.39, 0.29) is 38.4 Å². The molecule has 0 radical (unpaired) electrons. The van der Waals surface area contributed by atoms with Gasteiger partial charge in [0.25, 0.3) is 5.56 Å². The second kappa shape index (κ2) is 12.3. The maximum Gasteiger partial charge on any atom is 0.332 e. The summed E-state index contributed by atoms with van der Waals surface area (Å²) in [4.78, 5) is 43.6. The molecule has 1 aromatic carbocycles. The molecule has 1 aliphatic rings. The fraction of sp³-hybridized carbons (Fsp3) is 0.444. The molecule has 12 nitrogen and oxygen atoms in total. The van der Waals surface area contributed by atoms with Crippen LogP contribution in [0.1, 0.15) is 24.5 Å². The Morgan fingerprint density at radius 3 is 2.44 bits per heavy atom. The molecule has 3 aromatic heterocycles. The highest BCUT2D eigenvalue weighted by Crippen LogP contribution is 2.33. The van der Waals surface area contributed by atoms with Gasteiger partial charge in [0.2, 0.25) is 5.91 Å². The number of carbonyl (C=O) groups is 1. The highest BCUT2D eigenvalue weighted by Gasteiger charge is 2.42. The lowest BCUT2D eigenvalue weighted by atomic mass is 10.0. The summed E-state index contributed by atoms with van der Waals surface area (Å²) < 4.78 is 26.5.